The Balaban J connectivity index is 1.77. The predicted molar refractivity (Wildman–Crippen MR) is 130 cm³/mol. The van der Waals surface area contributed by atoms with Gasteiger partial charge in [0.2, 0.25) is 0 Å². The molecule has 0 heterocycles. The topological polar surface area (TPSA) is 12.4 Å². The van der Waals surface area contributed by atoms with Gasteiger partial charge in [-0.3, -0.25) is 0 Å². The van der Waals surface area contributed by atoms with E-state index in [1.54, 1.807) is 12.1 Å². The normalized spacial score (nSPS) is 9.75. The molecule has 3 rings (SSSR count). The Kier molecular flexibility index (Phi) is 8.07. The summed E-state index contributed by atoms with van der Waals surface area (Å²) in [6.45, 7) is 4.19. The van der Waals surface area contributed by atoms with Gasteiger partial charge in [0.15, 0.2) is 11.6 Å². The van der Waals surface area contributed by atoms with Crippen molar-refractivity contribution in [2.45, 2.75) is 33.1 Å². The molecule has 0 N–H and O–H groups in total. The lowest BCUT2D eigenvalue weighted by Gasteiger charge is -2.05. The van der Waals surface area contributed by atoms with Crippen LogP contribution in [0.3, 0.4) is 0 Å². The van der Waals surface area contributed by atoms with E-state index in [9.17, 15) is 8.78 Å². The fourth-order valence-corrected chi connectivity index (χ4v) is 3.17. The Hall–Kier alpha value is -3.56. The molecular weight excluding hydrogens is 420 g/mol. The molecule has 0 spiro atoms. The van der Waals surface area contributed by atoms with Gasteiger partial charge in [-0.05, 0) is 84.7 Å². The van der Waals surface area contributed by atoms with Crippen molar-refractivity contribution in [3.8, 4) is 34.8 Å². The molecule has 3 aromatic rings. The van der Waals surface area contributed by atoms with Crippen molar-refractivity contribution < 1.29 is 8.78 Å². The average molecular weight is 442 g/mol. The third kappa shape index (κ3) is 5.99. The highest BCUT2D eigenvalue weighted by Gasteiger charge is 2.11. The van der Waals surface area contributed by atoms with Crippen LogP contribution in [0.1, 0.15) is 48.4 Å². The summed E-state index contributed by atoms with van der Waals surface area (Å²) in [6, 6.07) is 15.6. The van der Waals surface area contributed by atoms with Crippen LogP contribution < -0.4 is 0 Å². The molecule has 0 aliphatic heterocycles. The minimum absolute atomic E-state index is 0.411. The molecule has 0 saturated carbocycles. The van der Waals surface area contributed by atoms with Gasteiger partial charge < -0.3 is 0 Å². The summed E-state index contributed by atoms with van der Waals surface area (Å²) in [7, 11) is 0. The minimum Gasteiger partial charge on any atom is -0.204 e. The van der Waals surface area contributed by atoms with Crippen LogP contribution in [0.2, 0.25) is 0 Å². The number of aryl methyl sites for hydroxylation is 1. The van der Waals surface area contributed by atoms with Crippen LogP contribution in [0.15, 0.2) is 59.6 Å². The van der Waals surface area contributed by atoms with Gasteiger partial charge in [0.1, 0.15) is 5.69 Å². The fourth-order valence-electron chi connectivity index (χ4n) is 3.08. The highest BCUT2D eigenvalue weighted by atomic mass is 32.1. The molecule has 0 fully saturated rings. The number of nitrogens with zero attached hydrogens (tertiary/aromatic N) is 1. The highest BCUT2D eigenvalue weighted by molar-refractivity contribution is 7.78. The van der Waals surface area contributed by atoms with E-state index in [1.807, 2.05) is 42.4 Å². The van der Waals surface area contributed by atoms with E-state index >= 15 is 0 Å². The highest BCUT2D eigenvalue weighted by Crippen LogP contribution is 2.29. The molecule has 0 radical (unpaired) electrons. The lowest BCUT2D eigenvalue weighted by molar-refractivity contribution is 0.588. The average Bonchev–Trinajstić information content (AvgIpc) is 2.79. The van der Waals surface area contributed by atoms with Crippen molar-refractivity contribution >= 4 is 23.1 Å². The second kappa shape index (κ2) is 11.2. The lowest BCUT2D eigenvalue weighted by Crippen LogP contribution is -1.87. The molecule has 32 heavy (non-hydrogen) atoms. The Bertz CT molecular complexity index is 1270. The van der Waals surface area contributed by atoms with E-state index in [0.29, 0.717) is 11.1 Å². The van der Waals surface area contributed by atoms with Crippen molar-refractivity contribution in [3.63, 3.8) is 0 Å². The Labute approximate surface area is 193 Å². The molecule has 0 bridgehead atoms. The summed E-state index contributed by atoms with van der Waals surface area (Å²) >= 11 is 4.42. The summed E-state index contributed by atoms with van der Waals surface area (Å²) in [5.41, 5.74) is 4.49. The monoisotopic (exact) mass is 441 g/mol. The third-order valence-electron chi connectivity index (χ3n) is 4.85. The van der Waals surface area contributed by atoms with Crippen LogP contribution in [-0.4, -0.2) is 5.16 Å². The summed E-state index contributed by atoms with van der Waals surface area (Å²) < 4.78 is 28.2. The standard InChI is InChI=1S/C28H21F2NS/c1-3-4-5-6-7-23-13-12-22(16-20(23)2)9-8-21-10-14-24(15-11-21)25-17-26(29)28(31-19-32)27(30)18-25/h10-18H,3-5H2,1-2H3. The summed E-state index contributed by atoms with van der Waals surface area (Å²) in [4.78, 5) is 3.43. The SMILES string of the molecule is CCCCC#Cc1ccc(C#Cc2ccc(-c3cc(F)c(N=C=S)c(F)c3)cc2)cc1C. The van der Waals surface area contributed by atoms with Gasteiger partial charge in [0.25, 0.3) is 0 Å². The largest absolute Gasteiger partial charge is 0.204 e. The number of isothiocyanates is 1. The van der Waals surface area contributed by atoms with Gasteiger partial charge in [0, 0.05) is 23.1 Å². The number of halogens is 2. The Morgan fingerprint density at radius 3 is 2.12 bits per heavy atom. The van der Waals surface area contributed by atoms with Gasteiger partial charge in [-0.1, -0.05) is 49.2 Å². The van der Waals surface area contributed by atoms with E-state index in [1.165, 1.54) is 12.1 Å². The van der Waals surface area contributed by atoms with Gasteiger partial charge in [-0.25, -0.2) is 8.78 Å². The number of benzene rings is 3. The van der Waals surface area contributed by atoms with E-state index in [-0.39, 0.29) is 0 Å². The van der Waals surface area contributed by atoms with Crippen LogP contribution in [0.5, 0.6) is 0 Å². The lowest BCUT2D eigenvalue weighted by atomic mass is 10.0. The zero-order valence-corrected chi connectivity index (χ0v) is 18.7. The number of hydrogen-bond acceptors (Lipinski definition) is 2. The number of rotatable bonds is 4. The summed E-state index contributed by atoms with van der Waals surface area (Å²) in [5.74, 6) is 11.2. The maximum absolute atomic E-state index is 14.1. The molecular formula is C28H21F2NS. The number of unbranched alkanes of at least 4 members (excludes halogenated alkanes) is 2. The number of thiocarbonyl (C=S) groups is 1. The molecule has 0 saturated heterocycles. The van der Waals surface area contributed by atoms with Crippen molar-refractivity contribution in [3.05, 3.63) is 88.5 Å². The van der Waals surface area contributed by atoms with Gasteiger partial charge >= 0.3 is 0 Å². The predicted octanol–water partition coefficient (Wildman–Crippen LogP) is 7.62. The minimum atomic E-state index is -0.782. The van der Waals surface area contributed by atoms with Crippen LogP contribution in [-0.2, 0) is 0 Å². The zero-order chi connectivity index (χ0) is 22.9. The molecule has 0 atom stereocenters. The maximum Gasteiger partial charge on any atom is 0.153 e. The number of hydrogen-bond donors (Lipinski definition) is 0. The first kappa shape index (κ1) is 23.1. The molecule has 158 valence electrons. The molecule has 0 aromatic heterocycles. The maximum atomic E-state index is 14.1. The molecule has 0 amide bonds. The first-order valence-corrected chi connectivity index (χ1v) is 10.7. The molecule has 3 aromatic carbocycles. The second-order valence-corrected chi connectivity index (χ2v) is 7.44. The molecule has 0 aliphatic rings. The van der Waals surface area contributed by atoms with Crippen LogP contribution >= 0.6 is 12.2 Å². The smallest absolute Gasteiger partial charge is 0.153 e. The second-order valence-electron chi connectivity index (χ2n) is 7.25. The van der Waals surface area contributed by atoms with Crippen molar-refractivity contribution in [1.29, 1.82) is 0 Å². The van der Waals surface area contributed by atoms with Gasteiger partial charge in [0.05, 0.1) is 5.16 Å². The van der Waals surface area contributed by atoms with E-state index in [4.69, 9.17) is 0 Å². The zero-order valence-electron chi connectivity index (χ0n) is 17.9. The van der Waals surface area contributed by atoms with E-state index in [0.717, 1.165) is 41.5 Å². The first-order chi connectivity index (χ1) is 15.5. The quantitative estimate of drug-likeness (QED) is 0.176. The molecule has 4 heteroatoms. The third-order valence-corrected chi connectivity index (χ3v) is 4.94. The van der Waals surface area contributed by atoms with E-state index < -0.39 is 17.3 Å². The van der Waals surface area contributed by atoms with Crippen LogP contribution in [0.25, 0.3) is 11.1 Å². The fraction of sp³-hybridized carbons (Fsp3) is 0.179. The van der Waals surface area contributed by atoms with Gasteiger partial charge in [-0.2, -0.15) is 4.99 Å². The molecule has 0 aliphatic carbocycles. The van der Waals surface area contributed by atoms with Crippen molar-refractivity contribution in [1.82, 2.24) is 0 Å². The van der Waals surface area contributed by atoms with Gasteiger partial charge in [-0.15, -0.1) is 0 Å². The molecule has 0 unspecified atom stereocenters. The molecule has 1 nitrogen and oxygen atoms in total. The number of aliphatic imine (C=N–C) groups is 1. The van der Waals surface area contributed by atoms with Crippen LogP contribution in [0, 0.1) is 42.2 Å². The summed E-state index contributed by atoms with van der Waals surface area (Å²) in [6.07, 6.45) is 3.18. The van der Waals surface area contributed by atoms with Crippen molar-refractivity contribution in [2.75, 3.05) is 0 Å². The van der Waals surface area contributed by atoms with Crippen molar-refractivity contribution in [2.24, 2.45) is 4.99 Å². The first-order valence-electron chi connectivity index (χ1n) is 10.3. The van der Waals surface area contributed by atoms with Crippen LogP contribution in [0.4, 0.5) is 14.5 Å². The Morgan fingerprint density at radius 2 is 1.50 bits per heavy atom. The summed E-state index contributed by atoms with van der Waals surface area (Å²) in [5, 5.41) is 1.99. The Morgan fingerprint density at radius 1 is 0.844 bits per heavy atom. The van der Waals surface area contributed by atoms with E-state index in [2.05, 4.69) is 47.8 Å².